The number of carbonyl (C=O) groups is 2. The van der Waals surface area contributed by atoms with E-state index < -0.39 is 17.8 Å². The molecule has 0 aliphatic carbocycles. The molecule has 2 aromatic carbocycles. The van der Waals surface area contributed by atoms with Crippen LogP contribution >= 0.6 is 11.6 Å². The number of hydrogen-bond donors (Lipinski definition) is 2. The van der Waals surface area contributed by atoms with Crippen LogP contribution in [0.25, 0.3) is 0 Å². The van der Waals surface area contributed by atoms with Gasteiger partial charge in [-0.2, -0.15) is 5.10 Å². The van der Waals surface area contributed by atoms with Crippen LogP contribution < -0.4 is 10.6 Å². The molecule has 0 saturated heterocycles. The molecule has 3 aromatic rings. The zero-order valence-corrected chi connectivity index (χ0v) is 14.9. The molecule has 138 valence electrons. The Morgan fingerprint density at radius 2 is 1.78 bits per heavy atom. The molecular formula is C18H15ClFN5O2. The number of amides is 2. The maximum absolute atomic E-state index is 13.8. The second kappa shape index (κ2) is 7.96. The minimum Gasteiger partial charge on any atom is -0.324 e. The molecule has 0 bridgehead atoms. The predicted molar refractivity (Wildman–Crippen MR) is 99.2 cm³/mol. The summed E-state index contributed by atoms with van der Waals surface area (Å²) in [6, 6.07) is 9.75. The van der Waals surface area contributed by atoms with Crippen molar-refractivity contribution in [2.75, 3.05) is 10.6 Å². The molecule has 1 heterocycles. The number of anilines is 2. The summed E-state index contributed by atoms with van der Waals surface area (Å²) in [5.74, 6) is -1.56. The first-order valence-corrected chi connectivity index (χ1v) is 8.33. The molecule has 27 heavy (non-hydrogen) atoms. The number of aromatic nitrogens is 3. The fourth-order valence-corrected chi connectivity index (χ4v) is 2.45. The van der Waals surface area contributed by atoms with E-state index in [4.69, 9.17) is 11.6 Å². The Bertz CT molecular complexity index is 960. The van der Waals surface area contributed by atoms with Crippen molar-refractivity contribution < 1.29 is 14.0 Å². The van der Waals surface area contributed by atoms with Crippen LogP contribution in [0.5, 0.6) is 0 Å². The zero-order valence-electron chi connectivity index (χ0n) is 14.2. The normalized spacial score (nSPS) is 11.7. The van der Waals surface area contributed by atoms with E-state index in [9.17, 15) is 14.0 Å². The zero-order chi connectivity index (χ0) is 19.4. The minimum atomic E-state index is -0.703. The molecule has 0 aliphatic heterocycles. The lowest BCUT2D eigenvalue weighted by molar-refractivity contribution is -0.119. The summed E-state index contributed by atoms with van der Waals surface area (Å²) < 4.78 is 15.2. The number of hydrogen-bond acceptors (Lipinski definition) is 4. The Labute approximate surface area is 159 Å². The largest absolute Gasteiger partial charge is 0.324 e. The highest BCUT2D eigenvalue weighted by Gasteiger charge is 2.16. The van der Waals surface area contributed by atoms with Crippen molar-refractivity contribution in [2.24, 2.45) is 0 Å². The first-order valence-electron chi connectivity index (χ1n) is 7.95. The van der Waals surface area contributed by atoms with Gasteiger partial charge in [0.1, 0.15) is 24.5 Å². The summed E-state index contributed by atoms with van der Waals surface area (Å²) in [5.41, 5.74) is 0.887. The van der Waals surface area contributed by atoms with Crippen LogP contribution in [0.2, 0.25) is 5.02 Å². The topological polar surface area (TPSA) is 88.9 Å². The number of nitrogens with zero attached hydrogens (tertiary/aromatic N) is 3. The molecule has 0 aliphatic rings. The summed E-state index contributed by atoms with van der Waals surface area (Å²) in [5, 5.41) is 9.47. The van der Waals surface area contributed by atoms with E-state index in [-0.39, 0.29) is 16.5 Å². The molecule has 0 fully saturated rings. The van der Waals surface area contributed by atoms with Gasteiger partial charge in [0.2, 0.25) is 5.91 Å². The summed E-state index contributed by atoms with van der Waals surface area (Å²) in [4.78, 5) is 28.2. The summed E-state index contributed by atoms with van der Waals surface area (Å²) in [6.07, 6.45) is 2.81. The van der Waals surface area contributed by atoms with Gasteiger partial charge in [-0.1, -0.05) is 11.6 Å². The summed E-state index contributed by atoms with van der Waals surface area (Å²) >= 11 is 5.68. The van der Waals surface area contributed by atoms with Crippen LogP contribution in [0.15, 0.2) is 55.1 Å². The first kappa shape index (κ1) is 18.5. The van der Waals surface area contributed by atoms with Gasteiger partial charge in [0.15, 0.2) is 0 Å². The Kier molecular flexibility index (Phi) is 5.46. The molecule has 1 aromatic heterocycles. The predicted octanol–water partition coefficient (Wildman–Crippen LogP) is 3.52. The van der Waals surface area contributed by atoms with Gasteiger partial charge in [-0.3, -0.25) is 9.59 Å². The van der Waals surface area contributed by atoms with Crippen molar-refractivity contribution in [2.45, 2.75) is 13.0 Å². The van der Waals surface area contributed by atoms with Crippen LogP contribution in [-0.4, -0.2) is 26.6 Å². The summed E-state index contributed by atoms with van der Waals surface area (Å²) in [6.45, 7) is 1.69. The van der Waals surface area contributed by atoms with Gasteiger partial charge in [0, 0.05) is 16.4 Å². The van der Waals surface area contributed by atoms with Crippen molar-refractivity contribution in [3.8, 4) is 0 Å². The van der Waals surface area contributed by atoms with Gasteiger partial charge in [-0.15, -0.1) is 0 Å². The number of benzene rings is 2. The second-order valence-corrected chi connectivity index (χ2v) is 6.13. The number of halogens is 2. The van der Waals surface area contributed by atoms with E-state index in [0.717, 1.165) is 6.07 Å². The van der Waals surface area contributed by atoms with Gasteiger partial charge >= 0.3 is 0 Å². The van der Waals surface area contributed by atoms with Gasteiger partial charge < -0.3 is 10.6 Å². The van der Waals surface area contributed by atoms with Crippen molar-refractivity contribution in [1.29, 1.82) is 0 Å². The van der Waals surface area contributed by atoms with Crippen LogP contribution in [0.3, 0.4) is 0 Å². The molecule has 2 N–H and O–H groups in total. The highest BCUT2D eigenvalue weighted by atomic mass is 35.5. The van der Waals surface area contributed by atoms with E-state index in [2.05, 4.69) is 20.7 Å². The SMILES string of the molecule is CC(C(=O)Nc1ccc(NC(=O)c2ccc(Cl)cc2F)cc1)n1cncn1. The first-order chi connectivity index (χ1) is 12.9. The molecular weight excluding hydrogens is 373 g/mol. The Morgan fingerprint density at radius 1 is 1.11 bits per heavy atom. The quantitative estimate of drug-likeness (QED) is 0.701. The lowest BCUT2D eigenvalue weighted by Crippen LogP contribution is -2.24. The molecule has 1 unspecified atom stereocenters. The van der Waals surface area contributed by atoms with E-state index in [1.54, 1.807) is 31.2 Å². The van der Waals surface area contributed by atoms with E-state index in [0.29, 0.717) is 11.4 Å². The van der Waals surface area contributed by atoms with Crippen molar-refractivity contribution in [3.63, 3.8) is 0 Å². The molecule has 9 heteroatoms. The lowest BCUT2D eigenvalue weighted by Gasteiger charge is -2.12. The third-order valence-electron chi connectivity index (χ3n) is 3.80. The van der Waals surface area contributed by atoms with E-state index in [1.807, 2.05) is 0 Å². The van der Waals surface area contributed by atoms with Gasteiger partial charge in [0.05, 0.1) is 5.56 Å². The molecule has 1 atom stereocenters. The van der Waals surface area contributed by atoms with Crippen LogP contribution in [0.1, 0.15) is 23.3 Å². The second-order valence-electron chi connectivity index (χ2n) is 5.70. The fraction of sp³-hybridized carbons (Fsp3) is 0.111. The Balaban J connectivity index is 1.63. The summed E-state index contributed by atoms with van der Waals surface area (Å²) in [7, 11) is 0. The smallest absolute Gasteiger partial charge is 0.258 e. The molecule has 0 radical (unpaired) electrons. The molecule has 2 amide bonds. The highest BCUT2D eigenvalue weighted by Crippen LogP contribution is 2.18. The molecule has 7 nitrogen and oxygen atoms in total. The lowest BCUT2D eigenvalue weighted by atomic mass is 10.2. The number of nitrogens with one attached hydrogen (secondary N) is 2. The third kappa shape index (κ3) is 4.48. The fourth-order valence-electron chi connectivity index (χ4n) is 2.29. The molecule has 0 spiro atoms. The minimum absolute atomic E-state index is 0.113. The van der Waals surface area contributed by atoms with Crippen LogP contribution in [0.4, 0.5) is 15.8 Å². The third-order valence-corrected chi connectivity index (χ3v) is 4.03. The average molecular weight is 388 g/mol. The van der Waals surface area contributed by atoms with E-state index >= 15 is 0 Å². The van der Waals surface area contributed by atoms with Crippen LogP contribution in [-0.2, 0) is 4.79 Å². The van der Waals surface area contributed by atoms with Gasteiger partial charge in [0.25, 0.3) is 5.91 Å². The number of carbonyl (C=O) groups excluding carboxylic acids is 2. The molecule has 3 rings (SSSR count). The van der Waals surface area contributed by atoms with Crippen molar-refractivity contribution >= 4 is 34.8 Å². The van der Waals surface area contributed by atoms with Crippen molar-refractivity contribution in [3.05, 3.63) is 71.5 Å². The molecule has 0 saturated carbocycles. The van der Waals surface area contributed by atoms with Crippen molar-refractivity contribution in [1.82, 2.24) is 14.8 Å². The average Bonchev–Trinajstić information content (AvgIpc) is 3.17. The maximum atomic E-state index is 13.8. The standard InChI is InChI=1S/C18H15ClFN5O2/c1-11(25-10-21-9-22-25)17(26)23-13-3-5-14(6-4-13)24-18(27)15-7-2-12(19)8-16(15)20/h2-11H,1H3,(H,23,26)(H,24,27). The Hall–Kier alpha value is -3.26. The number of rotatable bonds is 5. The monoisotopic (exact) mass is 387 g/mol. The van der Waals surface area contributed by atoms with Crippen LogP contribution in [0, 0.1) is 5.82 Å². The maximum Gasteiger partial charge on any atom is 0.258 e. The Morgan fingerprint density at radius 3 is 2.37 bits per heavy atom. The highest BCUT2D eigenvalue weighted by molar-refractivity contribution is 6.30. The van der Waals surface area contributed by atoms with E-state index in [1.165, 1.54) is 29.5 Å². The van der Waals surface area contributed by atoms with Gasteiger partial charge in [-0.05, 0) is 49.4 Å². The van der Waals surface area contributed by atoms with Gasteiger partial charge in [-0.25, -0.2) is 14.1 Å².